The summed E-state index contributed by atoms with van der Waals surface area (Å²) in [4.78, 5) is 17.1. The second kappa shape index (κ2) is 5.61. The van der Waals surface area contributed by atoms with E-state index in [4.69, 9.17) is 5.73 Å². The molecule has 0 aliphatic rings. The molecule has 0 fully saturated rings. The minimum Gasteiger partial charge on any atom is -0.330 e. The van der Waals surface area contributed by atoms with Crippen molar-refractivity contribution in [1.82, 2.24) is 14.1 Å². The summed E-state index contributed by atoms with van der Waals surface area (Å²) in [6.45, 7) is 6.30. The number of pyridine rings is 1. The molecule has 3 rings (SSSR count). The van der Waals surface area contributed by atoms with Gasteiger partial charge < -0.3 is 5.73 Å². The summed E-state index contributed by atoms with van der Waals surface area (Å²) in [5.41, 5.74) is 9.39. The molecule has 5 nitrogen and oxygen atoms in total. The maximum atomic E-state index is 12.7. The standard InChI is InChI=1S/C17H18N4O/c1-12(2)20-15-4-3-11-19-16(15)21(17(20)22)14-7-5-13(6-8-14)9-10-18/h3-8,11H,1,9-10,18H2,2H3. The van der Waals surface area contributed by atoms with E-state index in [-0.39, 0.29) is 5.69 Å². The number of hydrogen-bond donors (Lipinski definition) is 1. The van der Waals surface area contributed by atoms with Crippen molar-refractivity contribution in [2.75, 3.05) is 6.54 Å². The lowest BCUT2D eigenvalue weighted by atomic mass is 10.1. The molecule has 0 unspecified atom stereocenters. The number of imidazole rings is 1. The lowest BCUT2D eigenvalue weighted by Gasteiger charge is -2.04. The topological polar surface area (TPSA) is 65.8 Å². The zero-order chi connectivity index (χ0) is 15.7. The Morgan fingerprint density at radius 1 is 1.27 bits per heavy atom. The average molecular weight is 294 g/mol. The maximum absolute atomic E-state index is 12.7. The fourth-order valence-electron chi connectivity index (χ4n) is 2.61. The first-order valence-electron chi connectivity index (χ1n) is 7.17. The molecule has 2 aromatic heterocycles. The van der Waals surface area contributed by atoms with Crippen LogP contribution in [0.1, 0.15) is 12.5 Å². The Balaban J connectivity index is 2.25. The van der Waals surface area contributed by atoms with Gasteiger partial charge in [0.25, 0.3) is 0 Å². The summed E-state index contributed by atoms with van der Waals surface area (Å²) in [6, 6.07) is 11.5. The van der Waals surface area contributed by atoms with Crippen LogP contribution in [-0.2, 0) is 6.42 Å². The zero-order valence-corrected chi connectivity index (χ0v) is 12.5. The van der Waals surface area contributed by atoms with Crippen molar-refractivity contribution in [2.24, 2.45) is 5.73 Å². The smallest absolute Gasteiger partial charge is 0.330 e. The van der Waals surface area contributed by atoms with Gasteiger partial charge in [-0.05, 0) is 49.7 Å². The quantitative estimate of drug-likeness (QED) is 0.802. The molecule has 2 heterocycles. The van der Waals surface area contributed by atoms with Crippen LogP contribution in [0.3, 0.4) is 0 Å². The molecule has 3 aromatic rings. The SMILES string of the molecule is C=C(C)n1c(=O)n(-c2ccc(CCN)cc2)c2ncccc21. The molecule has 0 saturated heterocycles. The highest BCUT2D eigenvalue weighted by atomic mass is 16.1. The van der Waals surface area contributed by atoms with E-state index in [9.17, 15) is 4.79 Å². The highest BCUT2D eigenvalue weighted by Gasteiger charge is 2.15. The third-order valence-electron chi connectivity index (χ3n) is 3.61. The van der Waals surface area contributed by atoms with E-state index in [2.05, 4.69) is 11.6 Å². The van der Waals surface area contributed by atoms with E-state index in [1.165, 1.54) is 0 Å². The van der Waals surface area contributed by atoms with Crippen LogP contribution in [0.5, 0.6) is 0 Å². The molecule has 0 radical (unpaired) electrons. The number of rotatable bonds is 4. The van der Waals surface area contributed by atoms with Crippen molar-refractivity contribution in [3.63, 3.8) is 0 Å². The molecule has 0 bridgehead atoms. The first kappa shape index (κ1) is 14.3. The molecule has 0 aliphatic heterocycles. The van der Waals surface area contributed by atoms with Crippen LogP contribution in [0.25, 0.3) is 22.5 Å². The molecular formula is C17H18N4O. The highest BCUT2D eigenvalue weighted by molar-refractivity contribution is 5.77. The van der Waals surface area contributed by atoms with Gasteiger partial charge in [0, 0.05) is 11.9 Å². The summed E-state index contributed by atoms with van der Waals surface area (Å²) < 4.78 is 3.19. The second-order valence-electron chi connectivity index (χ2n) is 5.24. The number of aromatic nitrogens is 3. The van der Waals surface area contributed by atoms with Crippen LogP contribution in [0.2, 0.25) is 0 Å². The van der Waals surface area contributed by atoms with Gasteiger partial charge in [0.05, 0.1) is 11.2 Å². The van der Waals surface area contributed by atoms with E-state index in [0.717, 1.165) is 23.2 Å². The number of nitrogens with two attached hydrogens (primary N) is 1. The normalized spacial score (nSPS) is 11.0. The summed E-state index contributed by atoms with van der Waals surface area (Å²) >= 11 is 0. The van der Waals surface area contributed by atoms with E-state index >= 15 is 0 Å². The molecule has 0 amide bonds. The number of benzene rings is 1. The Kier molecular flexibility index (Phi) is 3.65. The van der Waals surface area contributed by atoms with Crippen LogP contribution in [0.15, 0.2) is 54.0 Å². The fraction of sp³-hybridized carbons (Fsp3) is 0.176. The van der Waals surface area contributed by atoms with E-state index in [0.29, 0.717) is 17.9 Å². The third kappa shape index (κ3) is 2.25. The van der Waals surface area contributed by atoms with Gasteiger partial charge in [-0.1, -0.05) is 18.7 Å². The molecule has 2 N–H and O–H groups in total. The second-order valence-corrected chi connectivity index (χ2v) is 5.24. The monoisotopic (exact) mass is 294 g/mol. The molecule has 0 saturated carbocycles. The van der Waals surface area contributed by atoms with Crippen LogP contribution in [0, 0.1) is 0 Å². The van der Waals surface area contributed by atoms with Crippen LogP contribution in [-0.4, -0.2) is 20.7 Å². The van der Waals surface area contributed by atoms with E-state index < -0.39 is 0 Å². The Morgan fingerprint density at radius 2 is 2.00 bits per heavy atom. The maximum Gasteiger partial charge on any atom is 0.339 e. The Bertz CT molecular complexity index is 887. The number of nitrogens with zero attached hydrogens (tertiary/aromatic N) is 3. The molecule has 22 heavy (non-hydrogen) atoms. The van der Waals surface area contributed by atoms with Gasteiger partial charge >= 0.3 is 5.69 Å². The molecule has 0 spiro atoms. The molecular weight excluding hydrogens is 276 g/mol. The Morgan fingerprint density at radius 3 is 2.64 bits per heavy atom. The predicted octanol–water partition coefficient (Wildman–Crippen LogP) is 2.18. The van der Waals surface area contributed by atoms with Gasteiger partial charge in [-0.15, -0.1) is 0 Å². The van der Waals surface area contributed by atoms with E-state index in [1.54, 1.807) is 15.3 Å². The summed E-state index contributed by atoms with van der Waals surface area (Å²) in [5, 5.41) is 0. The van der Waals surface area contributed by atoms with Crippen molar-refractivity contribution >= 4 is 16.9 Å². The highest BCUT2D eigenvalue weighted by Crippen LogP contribution is 2.18. The van der Waals surface area contributed by atoms with Crippen molar-refractivity contribution < 1.29 is 0 Å². The van der Waals surface area contributed by atoms with Crippen molar-refractivity contribution in [1.29, 1.82) is 0 Å². The van der Waals surface area contributed by atoms with E-state index in [1.807, 2.05) is 43.3 Å². The van der Waals surface area contributed by atoms with Gasteiger partial charge in [0.2, 0.25) is 0 Å². The lowest BCUT2D eigenvalue weighted by molar-refractivity contribution is 0.929. The van der Waals surface area contributed by atoms with Gasteiger partial charge in [0.15, 0.2) is 5.65 Å². The number of allylic oxidation sites excluding steroid dienone is 1. The van der Waals surface area contributed by atoms with Gasteiger partial charge in [-0.2, -0.15) is 0 Å². The molecule has 0 aliphatic carbocycles. The molecule has 1 aromatic carbocycles. The van der Waals surface area contributed by atoms with Gasteiger partial charge in [-0.25, -0.2) is 14.3 Å². The predicted molar refractivity (Wildman–Crippen MR) is 89.1 cm³/mol. The van der Waals surface area contributed by atoms with Crippen LogP contribution < -0.4 is 11.4 Å². The Labute approximate surface area is 128 Å². The molecule has 112 valence electrons. The zero-order valence-electron chi connectivity index (χ0n) is 12.5. The largest absolute Gasteiger partial charge is 0.339 e. The minimum absolute atomic E-state index is 0.159. The first-order chi connectivity index (χ1) is 10.6. The van der Waals surface area contributed by atoms with Gasteiger partial charge in [-0.3, -0.25) is 4.57 Å². The van der Waals surface area contributed by atoms with Crippen LogP contribution >= 0.6 is 0 Å². The lowest BCUT2D eigenvalue weighted by Crippen LogP contribution is -2.22. The van der Waals surface area contributed by atoms with Crippen molar-refractivity contribution in [3.05, 3.63) is 65.2 Å². The summed E-state index contributed by atoms with van der Waals surface area (Å²) in [5.74, 6) is 0. The first-order valence-corrected chi connectivity index (χ1v) is 7.17. The van der Waals surface area contributed by atoms with Crippen LogP contribution in [0.4, 0.5) is 0 Å². The summed E-state index contributed by atoms with van der Waals surface area (Å²) in [7, 11) is 0. The fourth-order valence-corrected chi connectivity index (χ4v) is 2.61. The summed E-state index contributed by atoms with van der Waals surface area (Å²) in [6.07, 6.45) is 2.50. The van der Waals surface area contributed by atoms with Gasteiger partial charge in [0.1, 0.15) is 0 Å². The third-order valence-corrected chi connectivity index (χ3v) is 3.61. The average Bonchev–Trinajstić information content (AvgIpc) is 2.80. The van der Waals surface area contributed by atoms with Crippen molar-refractivity contribution in [3.8, 4) is 5.69 Å². The Hall–Kier alpha value is -2.66. The molecule has 0 atom stereocenters. The minimum atomic E-state index is -0.159. The van der Waals surface area contributed by atoms with Crippen molar-refractivity contribution in [2.45, 2.75) is 13.3 Å². The number of fused-ring (bicyclic) bond motifs is 1. The number of hydrogen-bond acceptors (Lipinski definition) is 3. The molecule has 5 heteroatoms.